The minimum atomic E-state index is -4.49. The molecule has 11 heteroatoms. The number of aromatic nitrogens is 5. The molecule has 198 valence electrons. The van der Waals surface area contributed by atoms with Crippen LogP contribution in [0.5, 0.6) is 0 Å². The molecule has 0 aliphatic carbocycles. The Morgan fingerprint density at radius 2 is 1.74 bits per heavy atom. The van der Waals surface area contributed by atoms with Crippen LogP contribution < -0.4 is 5.56 Å². The largest absolute Gasteiger partial charge is 0.417 e. The molecule has 0 unspecified atom stereocenters. The lowest BCUT2D eigenvalue weighted by Crippen LogP contribution is -2.23. The molecule has 4 aromatic heterocycles. The average molecular weight is 544 g/mol. The topological polar surface area (TPSA) is 93.8 Å². The first-order chi connectivity index (χ1) is 17.8. The van der Waals surface area contributed by atoms with E-state index in [4.69, 9.17) is 11.6 Å². The Morgan fingerprint density at radius 3 is 2.42 bits per heavy atom. The van der Waals surface area contributed by atoms with E-state index in [1.54, 1.807) is 45.2 Å². The Hall–Kier alpha value is -3.63. The van der Waals surface area contributed by atoms with Gasteiger partial charge in [0.25, 0.3) is 5.56 Å². The van der Waals surface area contributed by atoms with E-state index in [1.165, 1.54) is 17.0 Å². The van der Waals surface area contributed by atoms with Crippen molar-refractivity contribution in [1.29, 1.82) is 0 Å². The lowest BCUT2D eigenvalue weighted by atomic mass is 10.0. The molecule has 4 rings (SSSR count). The van der Waals surface area contributed by atoms with Gasteiger partial charge in [0.05, 0.1) is 22.6 Å². The number of nitrogens with zero attached hydrogens (tertiary/aromatic N) is 5. The zero-order chi connectivity index (χ0) is 27.8. The van der Waals surface area contributed by atoms with Crippen LogP contribution in [-0.4, -0.2) is 29.6 Å². The second-order valence-electron chi connectivity index (χ2n) is 9.53. The van der Waals surface area contributed by atoms with Crippen LogP contribution in [0.4, 0.5) is 13.2 Å². The fourth-order valence-electron chi connectivity index (χ4n) is 4.01. The Bertz CT molecular complexity index is 1560. The molecule has 0 fully saturated rings. The van der Waals surface area contributed by atoms with Crippen LogP contribution in [0.25, 0.3) is 17.1 Å². The van der Waals surface area contributed by atoms with E-state index in [0.717, 1.165) is 17.8 Å². The predicted molar refractivity (Wildman–Crippen MR) is 137 cm³/mol. The number of aliphatic hydroxyl groups is 1. The molecule has 7 nitrogen and oxygen atoms in total. The molecule has 0 aromatic carbocycles. The summed E-state index contributed by atoms with van der Waals surface area (Å²) in [7, 11) is 0. The number of halogens is 4. The summed E-state index contributed by atoms with van der Waals surface area (Å²) in [6.45, 7) is 6.72. The van der Waals surface area contributed by atoms with Crippen molar-refractivity contribution >= 4 is 11.6 Å². The highest BCUT2D eigenvalue weighted by Gasteiger charge is 2.31. The highest BCUT2D eigenvalue weighted by atomic mass is 35.5. The monoisotopic (exact) mass is 543 g/mol. The first-order valence-corrected chi connectivity index (χ1v) is 12.1. The van der Waals surface area contributed by atoms with Gasteiger partial charge in [-0.3, -0.25) is 19.3 Å². The normalized spacial score (nSPS) is 12.1. The van der Waals surface area contributed by atoms with E-state index >= 15 is 0 Å². The number of alkyl halides is 3. The van der Waals surface area contributed by atoms with E-state index in [1.807, 2.05) is 6.92 Å². The van der Waals surface area contributed by atoms with Crippen molar-refractivity contribution in [3.63, 3.8) is 0 Å². The van der Waals surface area contributed by atoms with Crippen LogP contribution in [0, 0.1) is 13.8 Å². The molecule has 0 aliphatic rings. The number of aryl methyl sites for hydroxylation is 4. The summed E-state index contributed by atoms with van der Waals surface area (Å²) in [5.41, 5.74) is 1.21. The van der Waals surface area contributed by atoms with Gasteiger partial charge >= 0.3 is 6.18 Å². The van der Waals surface area contributed by atoms with Crippen molar-refractivity contribution in [3.8, 4) is 17.1 Å². The molecule has 4 heterocycles. The molecule has 0 saturated heterocycles. The highest BCUT2D eigenvalue weighted by molar-refractivity contribution is 6.31. The van der Waals surface area contributed by atoms with Gasteiger partial charge in [-0.15, -0.1) is 0 Å². The third-order valence-electron chi connectivity index (χ3n) is 5.99. The standard InChI is InChI=1S/C27H25ClF3N5O2/c1-15-12-34-21(20-7-8-33-25(35-20)26(3,4)38)11-22(15)36-16(2)9-18(23(28)24(36)37)6-5-17-10-19(14-32-13-17)27(29,30)31/h7-14,38H,5-6H2,1-4H3. The van der Waals surface area contributed by atoms with E-state index < -0.39 is 22.9 Å². The van der Waals surface area contributed by atoms with Crippen LogP contribution in [0.2, 0.25) is 5.02 Å². The average Bonchev–Trinajstić information content (AvgIpc) is 2.86. The number of pyridine rings is 3. The van der Waals surface area contributed by atoms with Crippen LogP contribution in [0.1, 0.15) is 47.6 Å². The van der Waals surface area contributed by atoms with Gasteiger partial charge in [-0.1, -0.05) is 11.6 Å². The number of hydrogen-bond acceptors (Lipinski definition) is 6. The Balaban J connectivity index is 1.69. The van der Waals surface area contributed by atoms with Gasteiger partial charge in [-0.25, -0.2) is 9.97 Å². The van der Waals surface area contributed by atoms with Gasteiger partial charge in [-0.2, -0.15) is 13.2 Å². The maximum Gasteiger partial charge on any atom is 0.417 e. The zero-order valence-electron chi connectivity index (χ0n) is 21.1. The zero-order valence-corrected chi connectivity index (χ0v) is 21.9. The number of hydrogen-bond donors (Lipinski definition) is 1. The maximum atomic E-state index is 13.4. The van der Waals surface area contributed by atoms with Crippen LogP contribution in [0.3, 0.4) is 0 Å². The summed E-state index contributed by atoms with van der Waals surface area (Å²) in [5.74, 6) is 0.232. The van der Waals surface area contributed by atoms with Crippen molar-refractivity contribution in [2.45, 2.75) is 52.3 Å². The lowest BCUT2D eigenvalue weighted by Gasteiger charge is -2.17. The lowest BCUT2D eigenvalue weighted by molar-refractivity contribution is -0.137. The van der Waals surface area contributed by atoms with Gasteiger partial charge in [0.15, 0.2) is 5.82 Å². The van der Waals surface area contributed by atoms with E-state index in [-0.39, 0.29) is 23.7 Å². The summed E-state index contributed by atoms with van der Waals surface area (Å²) in [6.07, 6.45) is 1.30. The molecule has 0 aliphatic heterocycles. The van der Waals surface area contributed by atoms with Gasteiger partial charge in [0.2, 0.25) is 0 Å². The second-order valence-corrected chi connectivity index (χ2v) is 9.90. The van der Waals surface area contributed by atoms with Crippen LogP contribution >= 0.6 is 11.6 Å². The summed E-state index contributed by atoms with van der Waals surface area (Å²) in [5, 5.41) is 10.3. The Labute approximate surface area is 222 Å². The van der Waals surface area contributed by atoms with Crippen molar-refractivity contribution in [3.05, 3.63) is 98.2 Å². The van der Waals surface area contributed by atoms with Gasteiger partial charge in [0.1, 0.15) is 10.6 Å². The minimum absolute atomic E-state index is 0.0142. The second kappa shape index (κ2) is 10.3. The quantitative estimate of drug-likeness (QED) is 0.351. The van der Waals surface area contributed by atoms with Gasteiger partial charge < -0.3 is 5.11 Å². The first kappa shape index (κ1) is 27.4. The van der Waals surface area contributed by atoms with Gasteiger partial charge in [-0.05, 0) is 81.5 Å². The van der Waals surface area contributed by atoms with Crippen molar-refractivity contribution in [1.82, 2.24) is 24.5 Å². The maximum absolute atomic E-state index is 13.4. The minimum Gasteiger partial charge on any atom is -0.382 e. The molecular weight excluding hydrogens is 519 g/mol. The molecule has 0 spiro atoms. The fourth-order valence-corrected chi connectivity index (χ4v) is 4.24. The van der Waals surface area contributed by atoms with Crippen LogP contribution in [-0.2, 0) is 24.6 Å². The van der Waals surface area contributed by atoms with E-state index in [0.29, 0.717) is 33.9 Å². The SMILES string of the molecule is Cc1cnc(-c2ccnc(C(C)(C)O)n2)cc1-n1c(C)cc(CCc2cncc(C(F)(F)F)c2)c(Cl)c1=O. The molecule has 38 heavy (non-hydrogen) atoms. The third kappa shape index (κ3) is 5.76. The molecule has 0 atom stereocenters. The highest BCUT2D eigenvalue weighted by Crippen LogP contribution is 2.29. The van der Waals surface area contributed by atoms with Crippen molar-refractivity contribution in [2.24, 2.45) is 0 Å². The van der Waals surface area contributed by atoms with Crippen LogP contribution in [0.15, 0.2) is 53.8 Å². The summed E-state index contributed by atoms with van der Waals surface area (Å²) >= 11 is 6.48. The predicted octanol–water partition coefficient (Wildman–Crippen LogP) is 5.39. The molecule has 1 N–H and O–H groups in total. The Kier molecular flexibility index (Phi) is 7.40. The summed E-state index contributed by atoms with van der Waals surface area (Å²) < 4.78 is 40.5. The molecular formula is C27H25ClF3N5O2. The van der Waals surface area contributed by atoms with E-state index in [2.05, 4.69) is 19.9 Å². The molecule has 0 radical (unpaired) electrons. The number of rotatable bonds is 6. The fraction of sp³-hybridized carbons (Fsp3) is 0.296. The van der Waals surface area contributed by atoms with Crippen molar-refractivity contribution < 1.29 is 18.3 Å². The molecule has 0 saturated carbocycles. The van der Waals surface area contributed by atoms with E-state index in [9.17, 15) is 23.1 Å². The van der Waals surface area contributed by atoms with Gasteiger partial charge in [0, 0.05) is 30.5 Å². The summed E-state index contributed by atoms with van der Waals surface area (Å²) in [6, 6.07) is 6.17. The van der Waals surface area contributed by atoms with Crippen molar-refractivity contribution in [2.75, 3.05) is 0 Å². The molecule has 0 amide bonds. The molecule has 0 bridgehead atoms. The third-order valence-corrected chi connectivity index (χ3v) is 6.40. The molecule has 4 aromatic rings. The first-order valence-electron chi connectivity index (χ1n) is 11.7. The smallest absolute Gasteiger partial charge is 0.382 e. The Morgan fingerprint density at radius 1 is 1.00 bits per heavy atom. The summed E-state index contributed by atoms with van der Waals surface area (Å²) in [4.78, 5) is 30.0.